The van der Waals surface area contributed by atoms with Gasteiger partial charge in [0.1, 0.15) is 16.2 Å². The normalized spacial score (nSPS) is 11.0. The Kier molecular flexibility index (Phi) is 5.85. The largest absolute Gasteiger partial charge is 0.370 e. The van der Waals surface area contributed by atoms with Gasteiger partial charge in [0.25, 0.3) is 0 Å². The van der Waals surface area contributed by atoms with Gasteiger partial charge in [0.15, 0.2) is 0 Å². The zero-order valence-electron chi connectivity index (χ0n) is 11.8. The molecule has 0 aliphatic heterocycles. The first-order chi connectivity index (χ1) is 9.95. The highest BCUT2D eigenvalue weighted by Gasteiger charge is 2.07. The molecule has 0 fully saturated rings. The van der Waals surface area contributed by atoms with E-state index in [0.717, 1.165) is 34.8 Å². The van der Waals surface area contributed by atoms with Gasteiger partial charge in [-0.1, -0.05) is 43.1 Å². The van der Waals surface area contributed by atoms with Crippen LogP contribution in [0.2, 0.25) is 10.0 Å². The Bertz CT molecular complexity index is 632. The second-order valence-electron chi connectivity index (χ2n) is 5.00. The van der Waals surface area contributed by atoms with Crippen LogP contribution in [0.1, 0.15) is 31.2 Å². The average molecular weight is 389 g/mol. The lowest BCUT2D eigenvalue weighted by Crippen LogP contribution is -2.09. The van der Waals surface area contributed by atoms with Crippen molar-refractivity contribution in [1.82, 2.24) is 9.97 Å². The van der Waals surface area contributed by atoms with Crippen molar-refractivity contribution in [2.24, 2.45) is 0 Å². The number of halogens is 3. The molecule has 0 amide bonds. The van der Waals surface area contributed by atoms with Crippen molar-refractivity contribution >= 4 is 44.9 Å². The Morgan fingerprint density at radius 3 is 2.62 bits per heavy atom. The monoisotopic (exact) mass is 387 g/mol. The van der Waals surface area contributed by atoms with E-state index in [9.17, 15) is 0 Å². The van der Waals surface area contributed by atoms with E-state index in [2.05, 4.69) is 45.1 Å². The van der Waals surface area contributed by atoms with Crippen molar-refractivity contribution < 1.29 is 0 Å². The first kappa shape index (κ1) is 16.5. The van der Waals surface area contributed by atoms with Crippen LogP contribution in [0.15, 0.2) is 28.9 Å². The molecule has 112 valence electrons. The van der Waals surface area contributed by atoms with E-state index in [-0.39, 0.29) is 5.92 Å². The molecule has 1 aromatic carbocycles. The SMILES string of the molecule is CC(C)c1nc(Br)cc(NCCc2ccc(Cl)cc2Cl)n1. The maximum atomic E-state index is 6.16. The van der Waals surface area contributed by atoms with E-state index in [1.165, 1.54) is 0 Å². The molecule has 1 aromatic heterocycles. The quantitative estimate of drug-likeness (QED) is 0.704. The van der Waals surface area contributed by atoms with Crippen molar-refractivity contribution in [2.75, 3.05) is 11.9 Å². The summed E-state index contributed by atoms with van der Waals surface area (Å²) in [6.07, 6.45) is 0.800. The maximum absolute atomic E-state index is 6.16. The van der Waals surface area contributed by atoms with Crippen LogP contribution < -0.4 is 5.32 Å². The number of nitrogens with zero attached hydrogens (tertiary/aromatic N) is 2. The summed E-state index contributed by atoms with van der Waals surface area (Å²) in [4.78, 5) is 8.85. The molecule has 0 spiro atoms. The minimum atomic E-state index is 0.286. The molecular formula is C15H16BrCl2N3. The Balaban J connectivity index is 2.00. The summed E-state index contributed by atoms with van der Waals surface area (Å²) in [5, 5.41) is 4.64. The second kappa shape index (κ2) is 7.43. The second-order valence-corrected chi connectivity index (χ2v) is 6.66. The van der Waals surface area contributed by atoms with Crippen LogP contribution in [0.4, 0.5) is 5.82 Å². The topological polar surface area (TPSA) is 37.8 Å². The van der Waals surface area contributed by atoms with Crippen LogP contribution in [-0.4, -0.2) is 16.5 Å². The van der Waals surface area contributed by atoms with Crippen molar-refractivity contribution in [3.8, 4) is 0 Å². The fraction of sp³-hybridized carbons (Fsp3) is 0.333. The minimum Gasteiger partial charge on any atom is -0.370 e. The average Bonchev–Trinajstić information content (AvgIpc) is 2.40. The van der Waals surface area contributed by atoms with Gasteiger partial charge in [0, 0.05) is 28.6 Å². The Morgan fingerprint density at radius 1 is 1.19 bits per heavy atom. The summed E-state index contributed by atoms with van der Waals surface area (Å²) < 4.78 is 0.785. The molecule has 3 nitrogen and oxygen atoms in total. The third-order valence-corrected chi connectivity index (χ3v) is 3.94. The van der Waals surface area contributed by atoms with Gasteiger partial charge in [0.05, 0.1) is 0 Å². The predicted molar refractivity (Wildman–Crippen MR) is 92.5 cm³/mol. The smallest absolute Gasteiger partial charge is 0.134 e. The number of hydrogen-bond acceptors (Lipinski definition) is 3. The summed E-state index contributed by atoms with van der Waals surface area (Å²) in [5.74, 6) is 1.91. The fourth-order valence-corrected chi connectivity index (χ4v) is 2.74. The number of hydrogen-bond donors (Lipinski definition) is 1. The lowest BCUT2D eigenvalue weighted by Gasteiger charge is -2.10. The highest BCUT2D eigenvalue weighted by Crippen LogP contribution is 2.22. The number of nitrogens with one attached hydrogen (secondary N) is 1. The van der Waals surface area contributed by atoms with E-state index in [1.807, 2.05) is 18.2 Å². The van der Waals surface area contributed by atoms with Gasteiger partial charge in [-0.25, -0.2) is 9.97 Å². The fourth-order valence-electron chi connectivity index (χ4n) is 1.83. The van der Waals surface area contributed by atoms with Gasteiger partial charge in [-0.05, 0) is 40.0 Å². The number of aromatic nitrogens is 2. The van der Waals surface area contributed by atoms with Crippen molar-refractivity contribution in [2.45, 2.75) is 26.2 Å². The van der Waals surface area contributed by atoms with Crippen LogP contribution in [-0.2, 0) is 6.42 Å². The molecule has 0 aliphatic rings. The third-order valence-electron chi connectivity index (χ3n) is 2.94. The summed E-state index contributed by atoms with van der Waals surface area (Å²) in [6, 6.07) is 7.43. The first-order valence-electron chi connectivity index (χ1n) is 6.68. The summed E-state index contributed by atoms with van der Waals surface area (Å²) in [5.41, 5.74) is 1.06. The van der Waals surface area contributed by atoms with Crippen LogP contribution in [0, 0.1) is 0 Å². The number of benzene rings is 1. The van der Waals surface area contributed by atoms with Gasteiger partial charge < -0.3 is 5.32 Å². The predicted octanol–water partition coefficient (Wildman–Crippen LogP) is 5.32. The van der Waals surface area contributed by atoms with Crippen molar-refractivity contribution in [3.05, 3.63) is 50.3 Å². The summed E-state index contributed by atoms with van der Waals surface area (Å²) in [7, 11) is 0. The number of anilines is 1. The molecule has 0 radical (unpaired) electrons. The molecule has 0 bridgehead atoms. The van der Waals surface area contributed by atoms with E-state index < -0.39 is 0 Å². The Morgan fingerprint density at radius 2 is 1.95 bits per heavy atom. The zero-order valence-corrected chi connectivity index (χ0v) is 14.9. The lowest BCUT2D eigenvalue weighted by atomic mass is 10.1. The van der Waals surface area contributed by atoms with Crippen molar-refractivity contribution in [1.29, 1.82) is 0 Å². The van der Waals surface area contributed by atoms with Gasteiger partial charge in [-0.2, -0.15) is 0 Å². The minimum absolute atomic E-state index is 0.286. The lowest BCUT2D eigenvalue weighted by molar-refractivity contribution is 0.769. The standard InChI is InChI=1S/C15H16BrCl2N3/c1-9(2)15-20-13(16)8-14(21-15)19-6-5-10-3-4-11(17)7-12(10)18/h3-4,7-9H,5-6H2,1-2H3,(H,19,20,21). The Labute approximate surface area is 143 Å². The van der Waals surface area contributed by atoms with Gasteiger partial charge in [-0.3, -0.25) is 0 Å². The molecule has 0 aliphatic carbocycles. The molecule has 1 N–H and O–H groups in total. The molecule has 0 atom stereocenters. The van der Waals surface area contributed by atoms with Crippen LogP contribution in [0.3, 0.4) is 0 Å². The van der Waals surface area contributed by atoms with Crippen LogP contribution in [0.25, 0.3) is 0 Å². The molecule has 21 heavy (non-hydrogen) atoms. The molecule has 0 saturated heterocycles. The molecule has 2 aromatic rings. The zero-order chi connectivity index (χ0) is 15.4. The molecule has 0 saturated carbocycles. The van der Waals surface area contributed by atoms with E-state index in [1.54, 1.807) is 6.07 Å². The first-order valence-corrected chi connectivity index (χ1v) is 8.23. The summed E-state index contributed by atoms with van der Waals surface area (Å²) in [6.45, 7) is 4.88. The van der Waals surface area contributed by atoms with Gasteiger partial charge in [-0.15, -0.1) is 0 Å². The maximum Gasteiger partial charge on any atom is 0.134 e. The van der Waals surface area contributed by atoms with Crippen LogP contribution >= 0.6 is 39.1 Å². The van der Waals surface area contributed by atoms with Crippen molar-refractivity contribution in [3.63, 3.8) is 0 Å². The molecular weight excluding hydrogens is 373 g/mol. The van der Waals surface area contributed by atoms with E-state index in [4.69, 9.17) is 23.2 Å². The Hall–Kier alpha value is -0.840. The third kappa shape index (κ3) is 4.83. The molecule has 1 heterocycles. The molecule has 2 rings (SSSR count). The number of rotatable bonds is 5. The molecule has 6 heteroatoms. The van der Waals surface area contributed by atoms with Crippen LogP contribution in [0.5, 0.6) is 0 Å². The highest BCUT2D eigenvalue weighted by atomic mass is 79.9. The van der Waals surface area contributed by atoms with E-state index in [0.29, 0.717) is 10.0 Å². The van der Waals surface area contributed by atoms with Gasteiger partial charge >= 0.3 is 0 Å². The van der Waals surface area contributed by atoms with E-state index >= 15 is 0 Å². The highest BCUT2D eigenvalue weighted by molar-refractivity contribution is 9.10. The summed E-state index contributed by atoms with van der Waals surface area (Å²) >= 11 is 15.5. The van der Waals surface area contributed by atoms with Gasteiger partial charge in [0.2, 0.25) is 0 Å². The molecule has 0 unspecified atom stereocenters.